The summed E-state index contributed by atoms with van der Waals surface area (Å²) in [6.07, 6.45) is 7.07. The predicted molar refractivity (Wildman–Crippen MR) is 75.9 cm³/mol. The fourth-order valence-corrected chi connectivity index (χ4v) is 3.12. The van der Waals surface area contributed by atoms with Crippen molar-refractivity contribution in [2.75, 3.05) is 26.7 Å². The quantitative estimate of drug-likeness (QED) is 0.717. The average molecular weight is 280 g/mol. The SMILES string of the molecule is CCN(C(=O)CN1CCCC1C(=O)OC)C1=CCCC1. The van der Waals surface area contributed by atoms with Crippen LogP contribution >= 0.6 is 0 Å². The molecule has 1 aliphatic heterocycles. The Hall–Kier alpha value is -1.36. The van der Waals surface area contributed by atoms with Crippen LogP contribution in [0.3, 0.4) is 0 Å². The number of carbonyl (C=O) groups is 2. The summed E-state index contributed by atoms with van der Waals surface area (Å²) in [5, 5.41) is 0. The number of esters is 1. The van der Waals surface area contributed by atoms with Crippen molar-refractivity contribution in [2.45, 2.75) is 45.1 Å². The molecule has 1 amide bonds. The van der Waals surface area contributed by atoms with Crippen molar-refractivity contribution in [2.24, 2.45) is 0 Å². The Morgan fingerprint density at radius 1 is 1.45 bits per heavy atom. The van der Waals surface area contributed by atoms with Gasteiger partial charge in [-0.15, -0.1) is 0 Å². The molecule has 20 heavy (non-hydrogen) atoms. The molecule has 0 spiro atoms. The van der Waals surface area contributed by atoms with Gasteiger partial charge in [-0.05, 0) is 45.6 Å². The Morgan fingerprint density at radius 3 is 2.85 bits per heavy atom. The number of amides is 1. The molecule has 1 saturated heterocycles. The van der Waals surface area contributed by atoms with E-state index >= 15 is 0 Å². The fourth-order valence-electron chi connectivity index (χ4n) is 3.12. The maximum atomic E-state index is 12.5. The van der Waals surface area contributed by atoms with Crippen LogP contribution < -0.4 is 0 Å². The van der Waals surface area contributed by atoms with Gasteiger partial charge in [-0.3, -0.25) is 14.5 Å². The molecule has 112 valence electrons. The van der Waals surface area contributed by atoms with Gasteiger partial charge >= 0.3 is 5.97 Å². The number of allylic oxidation sites excluding steroid dienone is 2. The zero-order valence-electron chi connectivity index (χ0n) is 12.4. The molecular weight excluding hydrogens is 256 g/mol. The third-order valence-electron chi connectivity index (χ3n) is 4.16. The van der Waals surface area contributed by atoms with Crippen molar-refractivity contribution in [1.29, 1.82) is 0 Å². The summed E-state index contributed by atoms with van der Waals surface area (Å²) in [5.41, 5.74) is 1.14. The highest BCUT2D eigenvalue weighted by molar-refractivity contribution is 5.82. The third-order valence-corrected chi connectivity index (χ3v) is 4.16. The molecular formula is C15H24N2O3. The molecule has 5 heteroatoms. The Labute approximate surface area is 120 Å². The minimum atomic E-state index is -0.250. The fraction of sp³-hybridized carbons (Fsp3) is 0.733. The highest BCUT2D eigenvalue weighted by Gasteiger charge is 2.33. The van der Waals surface area contributed by atoms with Gasteiger partial charge in [0.1, 0.15) is 6.04 Å². The van der Waals surface area contributed by atoms with Crippen molar-refractivity contribution in [3.8, 4) is 0 Å². The van der Waals surface area contributed by atoms with Gasteiger partial charge in [-0.1, -0.05) is 6.08 Å². The van der Waals surface area contributed by atoms with Crippen LogP contribution in [-0.4, -0.2) is 54.5 Å². The van der Waals surface area contributed by atoms with Gasteiger partial charge in [0.25, 0.3) is 0 Å². The molecule has 0 aromatic heterocycles. The summed E-state index contributed by atoms with van der Waals surface area (Å²) in [6, 6.07) is -0.250. The first-order valence-electron chi connectivity index (χ1n) is 7.48. The number of hydrogen-bond acceptors (Lipinski definition) is 4. The number of carbonyl (C=O) groups excluding carboxylic acids is 2. The van der Waals surface area contributed by atoms with Crippen LogP contribution in [0.1, 0.15) is 39.0 Å². The number of rotatable bonds is 5. The molecule has 0 N–H and O–H groups in total. The molecule has 0 aromatic rings. The van der Waals surface area contributed by atoms with Gasteiger partial charge < -0.3 is 9.64 Å². The number of likely N-dealkylation sites (N-methyl/N-ethyl adjacent to an activating group) is 1. The van der Waals surface area contributed by atoms with Crippen molar-refractivity contribution in [3.05, 3.63) is 11.8 Å². The van der Waals surface area contributed by atoms with Crippen LogP contribution in [0.15, 0.2) is 11.8 Å². The van der Waals surface area contributed by atoms with Crippen molar-refractivity contribution in [1.82, 2.24) is 9.80 Å². The van der Waals surface area contributed by atoms with Crippen LogP contribution in [0, 0.1) is 0 Å². The van der Waals surface area contributed by atoms with E-state index < -0.39 is 0 Å². The first-order chi connectivity index (χ1) is 9.67. The lowest BCUT2D eigenvalue weighted by atomic mass is 10.2. The summed E-state index contributed by atoms with van der Waals surface area (Å²) in [6.45, 7) is 3.80. The summed E-state index contributed by atoms with van der Waals surface area (Å²) in [7, 11) is 1.41. The molecule has 0 saturated carbocycles. The van der Waals surface area contributed by atoms with Crippen LogP contribution in [0.4, 0.5) is 0 Å². The lowest BCUT2D eigenvalue weighted by Gasteiger charge is -2.27. The first-order valence-corrected chi connectivity index (χ1v) is 7.48. The topological polar surface area (TPSA) is 49.9 Å². The van der Waals surface area contributed by atoms with E-state index in [-0.39, 0.29) is 17.9 Å². The summed E-state index contributed by atoms with van der Waals surface area (Å²) in [4.78, 5) is 28.0. The van der Waals surface area contributed by atoms with Gasteiger partial charge in [-0.25, -0.2) is 0 Å². The van der Waals surface area contributed by atoms with E-state index in [9.17, 15) is 9.59 Å². The molecule has 0 bridgehead atoms. The lowest BCUT2D eigenvalue weighted by Crippen LogP contribution is -2.44. The zero-order chi connectivity index (χ0) is 14.5. The lowest BCUT2D eigenvalue weighted by molar-refractivity contribution is -0.146. The van der Waals surface area contributed by atoms with E-state index in [1.54, 1.807) is 0 Å². The van der Waals surface area contributed by atoms with Gasteiger partial charge in [0.2, 0.25) is 5.91 Å². The molecule has 5 nitrogen and oxygen atoms in total. The largest absolute Gasteiger partial charge is 0.468 e. The Morgan fingerprint density at radius 2 is 2.25 bits per heavy atom. The maximum absolute atomic E-state index is 12.5. The highest BCUT2D eigenvalue weighted by Crippen LogP contribution is 2.23. The summed E-state index contributed by atoms with van der Waals surface area (Å²) in [5.74, 6) is -0.130. The number of methoxy groups -OCH3 is 1. The van der Waals surface area contributed by atoms with Gasteiger partial charge in [0.05, 0.1) is 13.7 Å². The van der Waals surface area contributed by atoms with Crippen LogP contribution in [0.25, 0.3) is 0 Å². The maximum Gasteiger partial charge on any atom is 0.323 e. The number of hydrogen-bond donors (Lipinski definition) is 0. The number of nitrogens with zero attached hydrogens (tertiary/aromatic N) is 2. The average Bonchev–Trinajstić information content (AvgIpc) is 3.10. The third kappa shape index (κ3) is 3.20. The Kier molecular flexibility index (Phi) is 5.17. The Balaban J connectivity index is 1.97. The summed E-state index contributed by atoms with van der Waals surface area (Å²) >= 11 is 0. The minimum absolute atomic E-state index is 0.0939. The van der Waals surface area contributed by atoms with Crippen LogP contribution in [0.5, 0.6) is 0 Å². The monoisotopic (exact) mass is 280 g/mol. The van der Waals surface area contributed by atoms with E-state index in [1.165, 1.54) is 7.11 Å². The molecule has 1 unspecified atom stereocenters. The van der Waals surface area contributed by atoms with Gasteiger partial charge in [0, 0.05) is 12.2 Å². The van der Waals surface area contributed by atoms with E-state index in [0.717, 1.165) is 44.3 Å². The molecule has 0 radical (unpaired) electrons. The smallest absolute Gasteiger partial charge is 0.323 e. The Bertz CT molecular complexity index is 406. The molecule has 1 heterocycles. The summed E-state index contributed by atoms with van der Waals surface area (Å²) < 4.78 is 4.82. The second-order valence-electron chi connectivity index (χ2n) is 5.38. The predicted octanol–water partition coefficient (Wildman–Crippen LogP) is 1.54. The first kappa shape index (κ1) is 15.0. The molecule has 0 aromatic carbocycles. The molecule has 2 aliphatic rings. The molecule has 1 atom stereocenters. The normalized spacial score (nSPS) is 22.7. The molecule has 2 rings (SSSR count). The highest BCUT2D eigenvalue weighted by atomic mass is 16.5. The van der Waals surface area contributed by atoms with E-state index in [0.29, 0.717) is 13.1 Å². The van der Waals surface area contributed by atoms with Gasteiger partial charge in [-0.2, -0.15) is 0 Å². The van der Waals surface area contributed by atoms with Crippen LogP contribution in [-0.2, 0) is 14.3 Å². The van der Waals surface area contributed by atoms with Crippen LogP contribution in [0.2, 0.25) is 0 Å². The van der Waals surface area contributed by atoms with Crippen molar-refractivity contribution >= 4 is 11.9 Å². The second-order valence-corrected chi connectivity index (χ2v) is 5.38. The second kappa shape index (κ2) is 6.88. The zero-order valence-corrected chi connectivity index (χ0v) is 12.4. The molecule has 1 fully saturated rings. The van der Waals surface area contributed by atoms with E-state index in [2.05, 4.69) is 6.08 Å². The standard InChI is InChI=1S/C15H24N2O3/c1-3-17(12-7-4-5-8-12)14(18)11-16-10-6-9-13(16)15(19)20-2/h7,13H,3-6,8-11H2,1-2H3. The van der Waals surface area contributed by atoms with E-state index in [1.807, 2.05) is 16.7 Å². The molecule has 1 aliphatic carbocycles. The van der Waals surface area contributed by atoms with Crippen molar-refractivity contribution < 1.29 is 14.3 Å². The number of likely N-dealkylation sites (tertiary alicyclic amines) is 1. The van der Waals surface area contributed by atoms with E-state index in [4.69, 9.17) is 4.74 Å². The van der Waals surface area contributed by atoms with Crippen molar-refractivity contribution in [3.63, 3.8) is 0 Å². The van der Waals surface area contributed by atoms with Gasteiger partial charge in [0.15, 0.2) is 0 Å². The number of ether oxygens (including phenoxy) is 1. The minimum Gasteiger partial charge on any atom is -0.468 e.